The SMILES string of the molecule is CCCNC(COCC(F)(F)F)c1cnc(C(F)(F)F)s1. The molecule has 1 heterocycles. The first-order valence-corrected chi connectivity index (χ1v) is 6.86. The van der Waals surface area contributed by atoms with Crippen LogP contribution in [0.2, 0.25) is 0 Å². The van der Waals surface area contributed by atoms with Crippen molar-refractivity contribution in [1.29, 1.82) is 0 Å². The fourth-order valence-corrected chi connectivity index (χ4v) is 2.27. The van der Waals surface area contributed by atoms with Crippen molar-refractivity contribution in [1.82, 2.24) is 10.3 Å². The fraction of sp³-hybridized carbons (Fsp3) is 0.727. The van der Waals surface area contributed by atoms with Gasteiger partial charge in [0.25, 0.3) is 0 Å². The molecule has 1 aromatic heterocycles. The van der Waals surface area contributed by atoms with Gasteiger partial charge in [0.05, 0.1) is 12.6 Å². The van der Waals surface area contributed by atoms with Gasteiger partial charge in [0.15, 0.2) is 5.01 Å². The standard InChI is InChI=1S/C11H14F6N2OS/c1-2-3-18-7(5-20-6-10(12,13)14)8-4-19-9(21-8)11(15,16)17/h4,7,18H,2-3,5-6H2,1H3. The lowest BCUT2D eigenvalue weighted by atomic mass is 10.2. The van der Waals surface area contributed by atoms with Gasteiger partial charge in [0.2, 0.25) is 0 Å². The Bertz CT molecular complexity index is 431. The van der Waals surface area contributed by atoms with Crippen LogP contribution in [-0.4, -0.2) is 30.9 Å². The molecule has 0 aromatic carbocycles. The molecule has 0 radical (unpaired) electrons. The lowest BCUT2D eigenvalue weighted by Crippen LogP contribution is -2.28. The number of thiazole rings is 1. The van der Waals surface area contributed by atoms with Crippen LogP contribution >= 0.6 is 11.3 Å². The van der Waals surface area contributed by atoms with Crippen molar-refractivity contribution >= 4 is 11.3 Å². The molecule has 1 aromatic rings. The largest absolute Gasteiger partial charge is 0.443 e. The molecule has 1 N–H and O–H groups in total. The molecule has 1 unspecified atom stereocenters. The van der Waals surface area contributed by atoms with E-state index < -0.39 is 30.0 Å². The van der Waals surface area contributed by atoms with Gasteiger partial charge < -0.3 is 10.1 Å². The first kappa shape index (κ1) is 18.2. The number of aromatic nitrogens is 1. The molecule has 0 fully saturated rings. The number of rotatable bonds is 7. The van der Waals surface area contributed by atoms with Gasteiger partial charge in [-0.05, 0) is 13.0 Å². The third kappa shape index (κ3) is 6.62. The Morgan fingerprint density at radius 3 is 2.43 bits per heavy atom. The van der Waals surface area contributed by atoms with Crippen LogP contribution in [0.25, 0.3) is 0 Å². The summed E-state index contributed by atoms with van der Waals surface area (Å²) in [7, 11) is 0. The fourth-order valence-electron chi connectivity index (χ4n) is 1.43. The van der Waals surface area contributed by atoms with Crippen LogP contribution < -0.4 is 5.32 Å². The van der Waals surface area contributed by atoms with E-state index in [1.165, 1.54) is 0 Å². The van der Waals surface area contributed by atoms with Crippen LogP contribution in [0.3, 0.4) is 0 Å². The van der Waals surface area contributed by atoms with Crippen LogP contribution in [-0.2, 0) is 10.9 Å². The average Bonchev–Trinajstić information content (AvgIpc) is 2.81. The summed E-state index contributed by atoms with van der Waals surface area (Å²) in [6.45, 7) is 0.453. The van der Waals surface area contributed by atoms with Gasteiger partial charge in [-0.2, -0.15) is 26.3 Å². The second-order valence-electron chi connectivity index (χ2n) is 4.20. The molecule has 0 spiro atoms. The van der Waals surface area contributed by atoms with Crippen LogP contribution in [0.1, 0.15) is 29.3 Å². The Hall–Kier alpha value is -0.870. The third-order valence-electron chi connectivity index (χ3n) is 2.30. The summed E-state index contributed by atoms with van der Waals surface area (Å²) in [5.41, 5.74) is 0. The van der Waals surface area contributed by atoms with E-state index >= 15 is 0 Å². The summed E-state index contributed by atoms with van der Waals surface area (Å²) in [5, 5.41) is 1.82. The second kappa shape index (κ2) is 7.41. The molecule has 122 valence electrons. The normalized spacial score (nSPS) is 14.4. The molecule has 0 amide bonds. The van der Waals surface area contributed by atoms with E-state index in [0.29, 0.717) is 24.3 Å². The van der Waals surface area contributed by atoms with E-state index in [0.717, 1.165) is 6.20 Å². The van der Waals surface area contributed by atoms with Crippen molar-refractivity contribution in [3.05, 3.63) is 16.1 Å². The van der Waals surface area contributed by atoms with Crippen LogP contribution in [0.15, 0.2) is 6.20 Å². The maximum atomic E-state index is 12.5. The zero-order valence-corrected chi connectivity index (χ0v) is 11.8. The van der Waals surface area contributed by atoms with E-state index in [2.05, 4.69) is 15.0 Å². The quantitative estimate of drug-likeness (QED) is 0.770. The Labute approximate surface area is 121 Å². The number of hydrogen-bond acceptors (Lipinski definition) is 4. The van der Waals surface area contributed by atoms with Crippen LogP contribution in [0, 0.1) is 0 Å². The van der Waals surface area contributed by atoms with E-state index in [4.69, 9.17) is 0 Å². The maximum Gasteiger partial charge on any atom is 0.443 e. The number of nitrogens with one attached hydrogen (secondary N) is 1. The highest BCUT2D eigenvalue weighted by Gasteiger charge is 2.35. The molecule has 1 atom stereocenters. The second-order valence-corrected chi connectivity index (χ2v) is 5.26. The zero-order chi connectivity index (χ0) is 16.1. The molecule has 1 rings (SSSR count). The minimum atomic E-state index is -4.56. The van der Waals surface area contributed by atoms with Gasteiger partial charge in [-0.15, -0.1) is 11.3 Å². The highest BCUT2D eigenvalue weighted by atomic mass is 32.1. The Morgan fingerprint density at radius 1 is 1.29 bits per heavy atom. The molecule has 0 aliphatic carbocycles. The molecule has 0 bridgehead atoms. The van der Waals surface area contributed by atoms with Crippen LogP contribution in [0.4, 0.5) is 26.3 Å². The predicted molar refractivity (Wildman–Crippen MR) is 65.0 cm³/mol. The van der Waals surface area contributed by atoms with Gasteiger partial charge in [-0.25, -0.2) is 4.98 Å². The molecule has 0 saturated carbocycles. The number of alkyl halides is 6. The zero-order valence-electron chi connectivity index (χ0n) is 11.0. The minimum Gasteiger partial charge on any atom is -0.370 e. The van der Waals surface area contributed by atoms with Crippen molar-refractivity contribution in [3.63, 3.8) is 0 Å². The highest BCUT2D eigenvalue weighted by Crippen LogP contribution is 2.34. The van der Waals surface area contributed by atoms with E-state index in [1.807, 2.05) is 6.92 Å². The maximum absolute atomic E-state index is 12.5. The van der Waals surface area contributed by atoms with Crippen molar-refractivity contribution in [3.8, 4) is 0 Å². The summed E-state index contributed by atoms with van der Waals surface area (Å²) >= 11 is 0.396. The predicted octanol–water partition coefficient (Wildman–Crippen LogP) is 3.78. The highest BCUT2D eigenvalue weighted by molar-refractivity contribution is 7.11. The first-order chi connectivity index (χ1) is 9.63. The smallest absolute Gasteiger partial charge is 0.370 e. The van der Waals surface area contributed by atoms with E-state index in [-0.39, 0.29) is 11.5 Å². The molecule has 0 aliphatic rings. The molecule has 0 saturated heterocycles. The number of hydrogen-bond donors (Lipinski definition) is 1. The molecular weight excluding hydrogens is 322 g/mol. The number of nitrogens with zero attached hydrogens (tertiary/aromatic N) is 1. The summed E-state index contributed by atoms with van der Waals surface area (Å²) < 4.78 is 78.0. The summed E-state index contributed by atoms with van der Waals surface area (Å²) in [5.74, 6) is 0. The lowest BCUT2D eigenvalue weighted by Gasteiger charge is -2.17. The molecule has 3 nitrogen and oxygen atoms in total. The van der Waals surface area contributed by atoms with Gasteiger partial charge in [-0.1, -0.05) is 6.92 Å². The first-order valence-electron chi connectivity index (χ1n) is 6.04. The van der Waals surface area contributed by atoms with E-state index in [1.54, 1.807) is 0 Å². The number of halogens is 6. The molecule has 21 heavy (non-hydrogen) atoms. The molecule has 10 heteroatoms. The summed E-state index contributed by atoms with van der Waals surface area (Å²) in [6, 6.07) is -0.749. The van der Waals surface area contributed by atoms with Crippen molar-refractivity contribution in [2.24, 2.45) is 0 Å². The van der Waals surface area contributed by atoms with Crippen molar-refractivity contribution < 1.29 is 31.1 Å². The topological polar surface area (TPSA) is 34.1 Å². The van der Waals surface area contributed by atoms with Crippen molar-refractivity contribution in [2.75, 3.05) is 19.8 Å². The Kier molecular flexibility index (Phi) is 6.41. The van der Waals surface area contributed by atoms with Gasteiger partial charge in [0, 0.05) is 11.1 Å². The summed E-state index contributed by atoms with van der Waals surface area (Å²) in [6.07, 6.45) is -7.34. The van der Waals surface area contributed by atoms with Crippen LogP contribution in [0.5, 0.6) is 0 Å². The lowest BCUT2D eigenvalue weighted by molar-refractivity contribution is -0.175. The van der Waals surface area contributed by atoms with Gasteiger partial charge >= 0.3 is 12.4 Å². The Balaban J connectivity index is 2.70. The summed E-state index contributed by atoms with van der Waals surface area (Å²) in [4.78, 5) is 3.44. The van der Waals surface area contributed by atoms with Gasteiger partial charge in [-0.3, -0.25) is 0 Å². The van der Waals surface area contributed by atoms with E-state index in [9.17, 15) is 26.3 Å². The minimum absolute atomic E-state index is 0.193. The molecule has 0 aliphatic heterocycles. The molecular formula is C11H14F6N2OS. The van der Waals surface area contributed by atoms with Gasteiger partial charge in [0.1, 0.15) is 6.61 Å². The monoisotopic (exact) mass is 336 g/mol. The third-order valence-corrected chi connectivity index (χ3v) is 3.46. The number of ether oxygens (including phenoxy) is 1. The van der Waals surface area contributed by atoms with Crippen molar-refractivity contribution in [2.45, 2.75) is 31.7 Å². The Morgan fingerprint density at radius 2 is 1.95 bits per heavy atom. The average molecular weight is 336 g/mol.